The molecule has 0 atom stereocenters. The molecule has 4 aromatic rings. The molecular weight excluding hydrogens is 467 g/mol. The maximum atomic E-state index is 12.4. The first-order valence-corrected chi connectivity index (χ1v) is 9.76. The summed E-state index contributed by atoms with van der Waals surface area (Å²) in [4.78, 5) is 19.8. The number of fused-ring (bicyclic) bond motifs is 1. The minimum Gasteiger partial charge on any atom is -0.496 e. The van der Waals surface area contributed by atoms with Crippen molar-refractivity contribution in [3.8, 4) is 22.9 Å². The first-order chi connectivity index (χ1) is 13.6. The van der Waals surface area contributed by atoms with Crippen molar-refractivity contribution in [1.82, 2.24) is 9.97 Å². The predicted octanol–water partition coefficient (Wildman–Crippen LogP) is 4.78. The summed E-state index contributed by atoms with van der Waals surface area (Å²) in [7, 11) is 1.62. The highest BCUT2D eigenvalue weighted by Crippen LogP contribution is 2.26. The van der Waals surface area contributed by atoms with Crippen LogP contribution < -0.4 is 15.0 Å². The molecule has 0 spiro atoms. The van der Waals surface area contributed by atoms with Crippen LogP contribution in [0.5, 0.6) is 11.5 Å². The fraction of sp³-hybridized carbons (Fsp3) is 0.0909. The second-order valence-corrected chi connectivity index (χ2v) is 7.45. The van der Waals surface area contributed by atoms with E-state index < -0.39 is 0 Å². The minimum absolute atomic E-state index is 0.159. The number of hydrogen-bond donors (Lipinski definition) is 1. The number of methoxy groups -OCH3 is 1. The topological polar surface area (TPSA) is 64.2 Å². The zero-order chi connectivity index (χ0) is 19.5. The van der Waals surface area contributed by atoms with E-state index in [-0.39, 0.29) is 5.56 Å². The number of benzene rings is 3. The van der Waals surface area contributed by atoms with E-state index in [2.05, 4.69) is 32.6 Å². The fourth-order valence-corrected chi connectivity index (χ4v) is 3.31. The van der Waals surface area contributed by atoms with Crippen molar-refractivity contribution in [1.29, 1.82) is 0 Å². The van der Waals surface area contributed by atoms with Gasteiger partial charge in [0.15, 0.2) is 0 Å². The molecule has 0 saturated carbocycles. The number of nitrogens with zero attached hydrogens (tertiary/aromatic N) is 1. The Morgan fingerprint density at radius 3 is 2.61 bits per heavy atom. The van der Waals surface area contributed by atoms with E-state index in [1.165, 1.54) is 0 Å². The Morgan fingerprint density at radius 2 is 1.82 bits per heavy atom. The van der Waals surface area contributed by atoms with Gasteiger partial charge in [-0.25, -0.2) is 4.98 Å². The van der Waals surface area contributed by atoms with Crippen molar-refractivity contribution in [3.63, 3.8) is 0 Å². The van der Waals surface area contributed by atoms with Gasteiger partial charge in [0.05, 0.1) is 18.0 Å². The Kier molecular flexibility index (Phi) is 5.29. The van der Waals surface area contributed by atoms with Crippen LogP contribution in [-0.4, -0.2) is 17.1 Å². The van der Waals surface area contributed by atoms with Gasteiger partial charge < -0.3 is 14.5 Å². The number of aromatic amines is 1. The summed E-state index contributed by atoms with van der Waals surface area (Å²) < 4.78 is 12.5. The van der Waals surface area contributed by atoms with E-state index >= 15 is 0 Å². The average Bonchev–Trinajstić information content (AvgIpc) is 2.73. The standard InChI is InChI=1S/C22H17IN2O3/c1-27-20-11-6-14(12-15(20)13-28-17-9-7-16(23)8-10-17)21-24-19-5-3-2-4-18(19)22(26)25-21/h2-12H,13H2,1H3,(H,24,25,26). The van der Waals surface area contributed by atoms with Gasteiger partial charge in [0, 0.05) is 14.7 Å². The maximum absolute atomic E-state index is 12.4. The summed E-state index contributed by atoms with van der Waals surface area (Å²) in [5.41, 5.74) is 2.17. The molecule has 0 amide bonds. The molecule has 1 heterocycles. The molecular formula is C22H17IN2O3. The highest BCUT2D eigenvalue weighted by atomic mass is 127. The lowest BCUT2D eigenvalue weighted by Crippen LogP contribution is -2.09. The van der Waals surface area contributed by atoms with Crippen molar-refractivity contribution in [2.45, 2.75) is 6.61 Å². The summed E-state index contributed by atoms with van der Waals surface area (Å²) in [6.45, 7) is 0.343. The largest absolute Gasteiger partial charge is 0.496 e. The quantitative estimate of drug-likeness (QED) is 0.414. The summed E-state index contributed by atoms with van der Waals surface area (Å²) >= 11 is 2.26. The van der Waals surface area contributed by atoms with Crippen molar-refractivity contribution in [3.05, 3.63) is 86.2 Å². The van der Waals surface area contributed by atoms with E-state index in [0.717, 1.165) is 26.2 Å². The third-order valence-corrected chi connectivity index (χ3v) is 5.09. The minimum atomic E-state index is -0.159. The Bertz CT molecular complexity index is 1190. The summed E-state index contributed by atoms with van der Waals surface area (Å²) in [5, 5.41) is 0.571. The summed E-state index contributed by atoms with van der Waals surface area (Å²) in [6, 6.07) is 20.8. The van der Waals surface area contributed by atoms with Gasteiger partial charge in [0.25, 0.3) is 5.56 Å². The van der Waals surface area contributed by atoms with E-state index in [1.54, 1.807) is 13.2 Å². The van der Waals surface area contributed by atoms with Crippen LogP contribution in [0.2, 0.25) is 0 Å². The molecule has 1 aromatic heterocycles. The number of H-pyrrole nitrogens is 1. The number of aromatic nitrogens is 2. The Labute approximate surface area is 175 Å². The van der Waals surface area contributed by atoms with Crippen molar-refractivity contribution < 1.29 is 9.47 Å². The molecule has 6 heteroatoms. The summed E-state index contributed by atoms with van der Waals surface area (Å²) in [6.07, 6.45) is 0. The lowest BCUT2D eigenvalue weighted by molar-refractivity contribution is 0.296. The molecule has 140 valence electrons. The van der Waals surface area contributed by atoms with Crippen LogP contribution in [0.3, 0.4) is 0 Å². The van der Waals surface area contributed by atoms with Gasteiger partial charge in [-0.05, 0) is 77.2 Å². The molecule has 0 fully saturated rings. The molecule has 0 aliphatic carbocycles. The van der Waals surface area contributed by atoms with Crippen LogP contribution in [0, 0.1) is 3.57 Å². The van der Waals surface area contributed by atoms with Crippen LogP contribution >= 0.6 is 22.6 Å². The maximum Gasteiger partial charge on any atom is 0.259 e. The second kappa shape index (κ2) is 8.02. The predicted molar refractivity (Wildman–Crippen MR) is 118 cm³/mol. The third kappa shape index (κ3) is 3.87. The molecule has 0 unspecified atom stereocenters. The molecule has 0 radical (unpaired) electrons. The summed E-state index contributed by atoms with van der Waals surface area (Å²) in [5.74, 6) is 2.02. The number of hydrogen-bond acceptors (Lipinski definition) is 4. The zero-order valence-electron chi connectivity index (χ0n) is 15.1. The van der Waals surface area contributed by atoms with E-state index in [9.17, 15) is 4.79 Å². The smallest absolute Gasteiger partial charge is 0.259 e. The van der Waals surface area contributed by atoms with Crippen LogP contribution in [0.4, 0.5) is 0 Å². The normalized spacial score (nSPS) is 10.8. The van der Waals surface area contributed by atoms with Gasteiger partial charge in [0.2, 0.25) is 0 Å². The van der Waals surface area contributed by atoms with Crippen molar-refractivity contribution in [2.75, 3.05) is 7.11 Å². The molecule has 0 aliphatic rings. The number of halogens is 1. The van der Waals surface area contributed by atoms with Crippen LogP contribution in [-0.2, 0) is 6.61 Å². The number of ether oxygens (including phenoxy) is 2. The van der Waals surface area contributed by atoms with Gasteiger partial charge >= 0.3 is 0 Å². The van der Waals surface area contributed by atoms with E-state index in [1.807, 2.05) is 60.7 Å². The first-order valence-electron chi connectivity index (χ1n) is 8.69. The Hall–Kier alpha value is -2.87. The molecule has 5 nitrogen and oxygen atoms in total. The van der Waals surface area contributed by atoms with Gasteiger partial charge in [0.1, 0.15) is 23.9 Å². The SMILES string of the molecule is COc1ccc(-c2nc3ccccc3c(=O)[nH]2)cc1COc1ccc(I)cc1. The highest BCUT2D eigenvalue weighted by Gasteiger charge is 2.10. The molecule has 0 saturated heterocycles. The Morgan fingerprint density at radius 1 is 1.04 bits per heavy atom. The van der Waals surface area contributed by atoms with Gasteiger partial charge in [-0.3, -0.25) is 4.79 Å². The first kappa shape index (κ1) is 18.5. The molecule has 28 heavy (non-hydrogen) atoms. The second-order valence-electron chi connectivity index (χ2n) is 6.20. The lowest BCUT2D eigenvalue weighted by atomic mass is 10.1. The van der Waals surface area contributed by atoms with Gasteiger partial charge in [-0.15, -0.1) is 0 Å². The van der Waals surface area contributed by atoms with Crippen molar-refractivity contribution >= 4 is 33.5 Å². The van der Waals surface area contributed by atoms with Crippen LogP contribution in [0.15, 0.2) is 71.5 Å². The van der Waals surface area contributed by atoms with E-state index in [4.69, 9.17) is 9.47 Å². The fourth-order valence-electron chi connectivity index (χ4n) is 2.95. The van der Waals surface area contributed by atoms with E-state index in [0.29, 0.717) is 23.3 Å². The zero-order valence-corrected chi connectivity index (χ0v) is 17.3. The lowest BCUT2D eigenvalue weighted by Gasteiger charge is -2.12. The number of para-hydroxylation sites is 1. The number of rotatable bonds is 5. The molecule has 3 aromatic carbocycles. The van der Waals surface area contributed by atoms with Gasteiger partial charge in [-0.1, -0.05) is 12.1 Å². The van der Waals surface area contributed by atoms with Crippen LogP contribution in [0.1, 0.15) is 5.56 Å². The highest BCUT2D eigenvalue weighted by molar-refractivity contribution is 14.1. The molecule has 0 aliphatic heterocycles. The van der Waals surface area contributed by atoms with Crippen molar-refractivity contribution in [2.24, 2.45) is 0 Å². The average molecular weight is 484 g/mol. The monoisotopic (exact) mass is 484 g/mol. The molecule has 1 N–H and O–H groups in total. The van der Waals surface area contributed by atoms with Crippen LogP contribution in [0.25, 0.3) is 22.3 Å². The number of nitrogens with one attached hydrogen (secondary N) is 1. The molecule has 4 rings (SSSR count). The van der Waals surface area contributed by atoms with Gasteiger partial charge in [-0.2, -0.15) is 0 Å². The Balaban J connectivity index is 1.68. The third-order valence-electron chi connectivity index (χ3n) is 4.37. The molecule has 0 bridgehead atoms.